The van der Waals surface area contributed by atoms with E-state index in [1.54, 1.807) is 6.92 Å². The number of nitrogens with one attached hydrogen (secondary N) is 1. The van der Waals surface area contributed by atoms with Crippen molar-refractivity contribution in [1.82, 2.24) is 20.0 Å². The van der Waals surface area contributed by atoms with E-state index in [0.29, 0.717) is 65.2 Å². The molecule has 0 aromatic rings. The summed E-state index contributed by atoms with van der Waals surface area (Å²) in [4.78, 5) is 55.3. The second kappa shape index (κ2) is 21.1. The molecule has 1 fully saturated rings. The van der Waals surface area contributed by atoms with Crippen LogP contribution in [0.25, 0.3) is 0 Å². The Morgan fingerprint density at radius 3 is 1.35 bits per heavy atom. The number of carbonyl (C=O) groups excluding carboxylic acids is 4. The van der Waals surface area contributed by atoms with Gasteiger partial charge in [-0.3, -0.25) is 33.9 Å². The lowest BCUT2D eigenvalue weighted by Crippen LogP contribution is -2.52. The van der Waals surface area contributed by atoms with Crippen molar-refractivity contribution in [2.24, 2.45) is 0 Å². The highest BCUT2D eigenvalue weighted by atomic mass is 16.6. The van der Waals surface area contributed by atoms with Gasteiger partial charge in [-0.05, 0) is 89.5 Å². The topological polar surface area (TPSA) is 127 Å². The van der Waals surface area contributed by atoms with Crippen LogP contribution in [-0.2, 0) is 38.1 Å². The first-order valence-corrected chi connectivity index (χ1v) is 17.6. The third-order valence-electron chi connectivity index (χ3n) is 6.55. The number of nitrogens with zero attached hydrogens (tertiary/aromatic N) is 3. The molecule has 12 nitrogen and oxygen atoms in total. The van der Waals surface area contributed by atoms with E-state index in [1.807, 2.05) is 83.1 Å². The van der Waals surface area contributed by atoms with Gasteiger partial charge in [0.2, 0.25) is 0 Å². The van der Waals surface area contributed by atoms with Gasteiger partial charge in [0, 0.05) is 58.8 Å². The molecule has 1 aliphatic heterocycles. The fraction of sp³-hybridized carbons (Fsp3) is 0.889. The highest BCUT2D eigenvalue weighted by Crippen LogP contribution is 2.16. The molecule has 0 aliphatic carbocycles. The molecule has 0 unspecified atom stereocenters. The Morgan fingerprint density at radius 1 is 0.562 bits per heavy atom. The summed E-state index contributed by atoms with van der Waals surface area (Å²) in [5.41, 5.74) is -2.01. The third-order valence-corrected chi connectivity index (χ3v) is 6.55. The lowest BCUT2D eigenvalue weighted by Gasteiger charge is -2.35. The zero-order valence-electron chi connectivity index (χ0n) is 32.9. The van der Waals surface area contributed by atoms with Gasteiger partial charge in [-0.15, -0.1) is 0 Å². The molecule has 1 aliphatic rings. The van der Waals surface area contributed by atoms with E-state index in [2.05, 4.69) is 26.9 Å². The van der Waals surface area contributed by atoms with Crippen molar-refractivity contribution in [3.8, 4) is 0 Å². The Morgan fingerprint density at radius 2 is 0.958 bits per heavy atom. The summed E-state index contributed by atoms with van der Waals surface area (Å²) in [5, 5.41) is 3.46. The molecule has 0 spiro atoms. The molecule has 12 heteroatoms. The van der Waals surface area contributed by atoms with Gasteiger partial charge in [0.05, 0.1) is 13.1 Å². The fourth-order valence-electron chi connectivity index (χ4n) is 4.72. The molecular formula is C36H70N4O8. The van der Waals surface area contributed by atoms with Gasteiger partial charge in [0.15, 0.2) is 0 Å². The number of carbonyl (C=O) groups is 4. The summed E-state index contributed by atoms with van der Waals surface area (Å²) in [5.74, 6) is -0.904. The summed E-state index contributed by atoms with van der Waals surface area (Å²) in [6.45, 7) is 31.6. The Labute approximate surface area is 291 Å². The molecule has 1 N–H and O–H groups in total. The van der Waals surface area contributed by atoms with Crippen molar-refractivity contribution in [2.45, 2.75) is 145 Å². The first kappa shape index (κ1) is 45.7. The molecule has 282 valence electrons. The maximum Gasteiger partial charge on any atom is 0.323 e. The van der Waals surface area contributed by atoms with Crippen LogP contribution in [0.4, 0.5) is 0 Å². The zero-order chi connectivity index (χ0) is 37.3. The first-order valence-electron chi connectivity index (χ1n) is 17.6. The molecule has 0 amide bonds. The molecule has 0 radical (unpaired) electrons. The van der Waals surface area contributed by atoms with Crippen LogP contribution in [0.1, 0.15) is 116 Å². The second-order valence-electron chi connectivity index (χ2n) is 16.3. The summed E-state index contributed by atoms with van der Waals surface area (Å²) in [6, 6.07) is -0.356. The molecule has 0 aromatic heterocycles. The van der Waals surface area contributed by atoms with Crippen molar-refractivity contribution in [2.75, 3.05) is 65.4 Å². The predicted molar refractivity (Wildman–Crippen MR) is 190 cm³/mol. The lowest BCUT2D eigenvalue weighted by molar-refractivity contribution is -0.162. The van der Waals surface area contributed by atoms with Crippen LogP contribution in [0.2, 0.25) is 0 Å². The first-order chi connectivity index (χ1) is 21.8. The van der Waals surface area contributed by atoms with Crippen LogP contribution >= 0.6 is 0 Å². The number of hydrogen-bond donors (Lipinski definition) is 1. The second-order valence-corrected chi connectivity index (χ2v) is 16.3. The molecule has 1 atom stereocenters. The monoisotopic (exact) mass is 687 g/mol. The molecule has 1 heterocycles. The van der Waals surface area contributed by atoms with Crippen LogP contribution in [-0.4, -0.2) is 132 Å². The third kappa shape index (κ3) is 24.8. The number of esters is 4. The van der Waals surface area contributed by atoms with Crippen molar-refractivity contribution >= 4 is 23.9 Å². The van der Waals surface area contributed by atoms with Gasteiger partial charge in [-0.25, -0.2) is 0 Å². The summed E-state index contributed by atoms with van der Waals surface area (Å²) < 4.78 is 21.9. The SMILES string of the molecule is CCC(=O)OC(C)(C)C.CCC[C@H](C(=O)OC(C)(C)C)N1CCNCCN(CC(=O)OC(C)(C)C)CCN(CC(=O)OC(C)(C)C)CC1. The van der Waals surface area contributed by atoms with E-state index in [0.717, 1.165) is 6.42 Å². The maximum atomic E-state index is 13.2. The van der Waals surface area contributed by atoms with E-state index in [1.165, 1.54) is 0 Å². The molecule has 0 bridgehead atoms. The highest BCUT2D eigenvalue weighted by molar-refractivity contribution is 5.76. The zero-order valence-corrected chi connectivity index (χ0v) is 32.9. The Kier molecular flexibility index (Phi) is 20.1. The van der Waals surface area contributed by atoms with Gasteiger partial charge in [-0.1, -0.05) is 20.3 Å². The minimum Gasteiger partial charge on any atom is -0.460 e. The molecular weight excluding hydrogens is 616 g/mol. The quantitative estimate of drug-likeness (QED) is 0.272. The smallest absolute Gasteiger partial charge is 0.323 e. The van der Waals surface area contributed by atoms with Crippen LogP contribution in [0.15, 0.2) is 0 Å². The predicted octanol–water partition coefficient (Wildman–Crippen LogP) is 4.43. The average molecular weight is 687 g/mol. The number of hydrogen-bond acceptors (Lipinski definition) is 12. The van der Waals surface area contributed by atoms with Crippen LogP contribution in [0, 0.1) is 0 Å². The Hall–Kier alpha value is -2.28. The maximum absolute atomic E-state index is 13.2. The number of ether oxygens (including phenoxy) is 4. The Balaban J connectivity index is 0.00000213. The molecule has 1 saturated heterocycles. The average Bonchev–Trinajstić information content (AvgIpc) is 2.86. The van der Waals surface area contributed by atoms with E-state index in [4.69, 9.17) is 18.9 Å². The van der Waals surface area contributed by atoms with Gasteiger partial charge in [0.1, 0.15) is 28.4 Å². The summed E-state index contributed by atoms with van der Waals surface area (Å²) in [6.07, 6.45) is 2.01. The Bertz CT molecular complexity index is 976. The van der Waals surface area contributed by atoms with E-state index >= 15 is 0 Å². The van der Waals surface area contributed by atoms with Gasteiger partial charge in [0.25, 0.3) is 0 Å². The van der Waals surface area contributed by atoms with E-state index < -0.39 is 16.8 Å². The van der Waals surface area contributed by atoms with Crippen LogP contribution in [0.3, 0.4) is 0 Å². The molecule has 48 heavy (non-hydrogen) atoms. The standard InChI is InChI=1S/C29H56N4O6.C7H14O2/c1-11-12-23(26(36)39-29(8,9)10)33-16-14-30-13-15-31(21-24(34)37-27(2,3)4)17-18-32(19-20-33)22-25(35)38-28(5,6)7;1-5-6(8)9-7(2,3)4/h23,30H,11-22H2,1-10H3;5H2,1-4H3/t23-;/m1./s1. The summed E-state index contributed by atoms with van der Waals surface area (Å²) in [7, 11) is 0. The minimum atomic E-state index is -0.576. The van der Waals surface area contributed by atoms with Crippen molar-refractivity contribution < 1.29 is 38.1 Å². The van der Waals surface area contributed by atoms with Gasteiger partial charge >= 0.3 is 23.9 Å². The van der Waals surface area contributed by atoms with Crippen molar-refractivity contribution in [3.63, 3.8) is 0 Å². The van der Waals surface area contributed by atoms with Gasteiger partial charge in [-0.2, -0.15) is 0 Å². The van der Waals surface area contributed by atoms with Crippen LogP contribution < -0.4 is 5.32 Å². The van der Waals surface area contributed by atoms with Crippen molar-refractivity contribution in [1.29, 1.82) is 0 Å². The lowest BCUT2D eigenvalue weighted by atomic mass is 10.1. The highest BCUT2D eigenvalue weighted by Gasteiger charge is 2.31. The van der Waals surface area contributed by atoms with Crippen LogP contribution in [0.5, 0.6) is 0 Å². The van der Waals surface area contributed by atoms with E-state index in [-0.39, 0.29) is 48.6 Å². The van der Waals surface area contributed by atoms with E-state index in [9.17, 15) is 19.2 Å². The number of rotatable bonds is 9. The molecule has 0 aromatic carbocycles. The largest absolute Gasteiger partial charge is 0.460 e. The normalized spacial score (nSPS) is 17.5. The fourth-order valence-corrected chi connectivity index (χ4v) is 4.72. The van der Waals surface area contributed by atoms with Crippen molar-refractivity contribution in [3.05, 3.63) is 0 Å². The summed E-state index contributed by atoms with van der Waals surface area (Å²) >= 11 is 0. The molecule has 1 rings (SSSR count). The molecule has 0 saturated carbocycles. The van der Waals surface area contributed by atoms with Gasteiger partial charge < -0.3 is 24.3 Å². The minimum absolute atomic E-state index is 0.133.